The van der Waals surface area contributed by atoms with Crippen LogP contribution in [0, 0.1) is 12.3 Å². The molecule has 21 heavy (non-hydrogen) atoms. The van der Waals surface area contributed by atoms with Crippen LogP contribution >= 0.6 is 0 Å². The molecule has 1 unspecified atom stereocenters. The molecule has 0 bridgehead atoms. The molecule has 1 aromatic rings. The van der Waals surface area contributed by atoms with Gasteiger partial charge in [-0.25, -0.2) is 4.79 Å². The number of fused-ring (bicyclic) bond motifs is 1. The van der Waals surface area contributed by atoms with E-state index in [4.69, 9.17) is 20.6 Å². The first-order valence-electron chi connectivity index (χ1n) is 6.87. The van der Waals surface area contributed by atoms with E-state index >= 15 is 0 Å². The van der Waals surface area contributed by atoms with E-state index in [0.29, 0.717) is 31.3 Å². The molecule has 112 valence electrons. The van der Waals surface area contributed by atoms with Crippen LogP contribution in [-0.4, -0.2) is 32.3 Å². The highest BCUT2D eigenvalue weighted by Crippen LogP contribution is 2.34. The minimum atomic E-state index is -1.03. The molecule has 1 atom stereocenters. The third kappa shape index (κ3) is 3.11. The van der Waals surface area contributed by atoms with Gasteiger partial charge in [0.25, 0.3) is 0 Å². The molecular weight excluding hydrogens is 270 g/mol. The molecule has 1 aromatic carbocycles. The molecule has 0 amide bonds. The maximum Gasteiger partial charge on any atom is 0.330 e. The quantitative estimate of drug-likeness (QED) is 0.657. The van der Waals surface area contributed by atoms with Crippen molar-refractivity contribution in [3.8, 4) is 23.8 Å². The van der Waals surface area contributed by atoms with Crippen LogP contribution in [0.25, 0.3) is 0 Å². The molecule has 1 heterocycles. The summed E-state index contributed by atoms with van der Waals surface area (Å²) in [6.45, 7) is 5.08. The van der Waals surface area contributed by atoms with E-state index in [-0.39, 0.29) is 12.5 Å². The zero-order valence-electron chi connectivity index (χ0n) is 12.3. The fraction of sp³-hybridized carbons (Fsp3) is 0.438. The molecule has 0 aromatic heterocycles. The Morgan fingerprint density at radius 1 is 1.43 bits per heavy atom. The lowest BCUT2D eigenvalue weighted by Gasteiger charge is -2.29. The Bertz CT molecular complexity index is 564. The number of benzene rings is 1. The fourth-order valence-electron chi connectivity index (χ4n) is 2.15. The lowest BCUT2D eigenvalue weighted by atomic mass is 9.91. The maximum absolute atomic E-state index is 12.3. The highest BCUT2D eigenvalue weighted by Gasteiger charge is 2.37. The van der Waals surface area contributed by atoms with E-state index in [9.17, 15) is 4.79 Å². The van der Waals surface area contributed by atoms with Gasteiger partial charge in [0.15, 0.2) is 11.5 Å². The number of carbonyl (C=O) groups excluding carboxylic acids is 1. The number of rotatable bonds is 5. The highest BCUT2D eigenvalue weighted by atomic mass is 16.6. The summed E-state index contributed by atoms with van der Waals surface area (Å²) < 4.78 is 16.2. The summed E-state index contributed by atoms with van der Waals surface area (Å²) in [5, 5.41) is 3.05. The van der Waals surface area contributed by atoms with Gasteiger partial charge in [0.05, 0.1) is 13.2 Å². The van der Waals surface area contributed by atoms with Gasteiger partial charge in [-0.15, -0.1) is 6.42 Å². The monoisotopic (exact) mass is 289 g/mol. The summed E-state index contributed by atoms with van der Waals surface area (Å²) >= 11 is 0. The predicted octanol–water partition coefficient (Wildman–Crippen LogP) is 1.46. The standard InChI is InChI=1S/C16H19NO4/c1-4-8-17-16(3,15(18)19-5-2)12-6-7-13-14(11-12)21-10-9-20-13/h1,6-7,11,17H,5,8-10H2,2-3H3. The van der Waals surface area contributed by atoms with Crippen LogP contribution < -0.4 is 14.8 Å². The van der Waals surface area contributed by atoms with Crippen molar-refractivity contribution in [1.29, 1.82) is 0 Å². The topological polar surface area (TPSA) is 56.8 Å². The summed E-state index contributed by atoms with van der Waals surface area (Å²) in [7, 11) is 0. The summed E-state index contributed by atoms with van der Waals surface area (Å²) in [4.78, 5) is 12.3. The van der Waals surface area contributed by atoms with Crippen molar-refractivity contribution in [2.45, 2.75) is 19.4 Å². The molecular formula is C16H19NO4. The van der Waals surface area contributed by atoms with Crippen LogP contribution in [0.4, 0.5) is 0 Å². The molecule has 0 fully saturated rings. The van der Waals surface area contributed by atoms with E-state index in [2.05, 4.69) is 11.2 Å². The number of esters is 1. The fourth-order valence-corrected chi connectivity index (χ4v) is 2.15. The van der Waals surface area contributed by atoms with E-state index in [0.717, 1.165) is 5.56 Å². The molecule has 0 aliphatic carbocycles. The second-order valence-corrected chi connectivity index (χ2v) is 4.76. The molecule has 0 saturated carbocycles. The van der Waals surface area contributed by atoms with E-state index in [1.807, 2.05) is 6.07 Å². The van der Waals surface area contributed by atoms with E-state index in [1.165, 1.54) is 0 Å². The van der Waals surface area contributed by atoms with Gasteiger partial charge < -0.3 is 14.2 Å². The minimum absolute atomic E-state index is 0.254. The molecule has 1 aliphatic heterocycles. The Morgan fingerprint density at radius 2 is 2.14 bits per heavy atom. The average Bonchev–Trinajstić information content (AvgIpc) is 2.52. The van der Waals surface area contributed by atoms with Crippen LogP contribution in [0.3, 0.4) is 0 Å². The predicted molar refractivity (Wildman–Crippen MR) is 78.3 cm³/mol. The van der Waals surface area contributed by atoms with Crippen LogP contribution in [0.15, 0.2) is 18.2 Å². The summed E-state index contributed by atoms with van der Waals surface area (Å²) in [6.07, 6.45) is 5.29. The molecule has 5 heteroatoms. The van der Waals surface area contributed by atoms with Crippen molar-refractivity contribution < 1.29 is 19.0 Å². The summed E-state index contributed by atoms with van der Waals surface area (Å²) in [5.74, 6) is 3.40. The Kier molecular flexibility index (Phi) is 4.71. The third-order valence-electron chi connectivity index (χ3n) is 3.35. The van der Waals surface area contributed by atoms with Gasteiger partial charge in [0.2, 0.25) is 0 Å². The second kappa shape index (κ2) is 6.51. The van der Waals surface area contributed by atoms with Crippen LogP contribution in [-0.2, 0) is 15.1 Å². The molecule has 0 radical (unpaired) electrons. The van der Waals surface area contributed by atoms with Crippen molar-refractivity contribution in [1.82, 2.24) is 5.32 Å². The van der Waals surface area contributed by atoms with Crippen LogP contribution in [0.5, 0.6) is 11.5 Å². The van der Waals surface area contributed by atoms with Crippen molar-refractivity contribution >= 4 is 5.97 Å². The Morgan fingerprint density at radius 3 is 2.81 bits per heavy atom. The van der Waals surface area contributed by atoms with Gasteiger partial charge in [-0.3, -0.25) is 5.32 Å². The lowest BCUT2D eigenvalue weighted by molar-refractivity contribution is -0.150. The third-order valence-corrected chi connectivity index (χ3v) is 3.35. The molecule has 5 nitrogen and oxygen atoms in total. The molecule has 1 N–H and O–H groups in total. The number of carbonyl (C=O) groups is 1. The summed E-state index contributed by atoms with van der Waals surface area (Å²) in [5.41, 5.74) is -0.307. The van der Waals surface area contributed by atoms with E-state index in [1.54, 1.807) is 26.0 Å². The maximum atomic E-state index is 12.3. The average molecular weight is 289 g/mol. The van der Waals surface area contributed by atoms with Crippen molar-refractivity contribution in [2.24, 2.45) is 0 Å². The van der Waals surface area contributed by atoms with Gasteiger partial charge in [0, 0.05) is 0 Å². The van der Waals surface area contributed by atoms with Crippen molar-refractivity contribution in [3.63, 3.8) is 0 Å². The number of hydrogen-bond donors (Lipinski definition) is 1. The van der Waals surface area contributed by atoms with Crippen LogP contribution in [0.1, 0.15) is 19.4 Å². The number of terminal acetylenes is 1. The van der Waals surface area contributed by atoms with Gasteiger partial charge in [-0.05, 0) is 31.5 Å². The zero-order chi connectivity index (χ0) is 15.3. The minimum Gasteiger partial charge on any atom is -0.486 e. The lowest BCUT2D eigenvalue weighted by Crippen LogP contribution is -2.48. The number of hydrogen-bond acceptors (Lipinski definition) is 5. The summed E-state index contributed by atoms with van der Waals surface area (Å²) in [6, 6.07) is 5.39. The number of ether oxygens (including phenoxy) is 3. The van der Waals surface area contributed by atoms with Gasteiger partial charge in [-0.1, -0.05) is 12.0 Å². The number of nitrogens with one attached hydrogen (secondary N) is 1. The zero-order valence-corrected chi connectivity index (χ0v) is 12.3. The Balaban J connectivity index is 2.36. The molecule has 0 spiro atoms. The Hall–Kier alpha value is -2.19. The normalized spacial score (nSPS) is 15.7. The van der Waals surface area contributed by atoms with Gasteiger partial charge in [-0.2, -0.15) is 0 Å². The first-order valence-corrected chi connectivity index (χ1v) is 6.87. The molecule has 1 aliphatic rings. The smallest absolute Gasteiger partial charge is 0.330 e. The Labute approximate surface area is 124 Å². The van der Waals surface area contributed by atoms with Crippen molar-refractivity contribution in [2.75, 3.05) is 26.4 Å². The molecule has 0 saturated heterocycles. The van der Waals surface area contributed by atoms with Crippen LogP contribution in [0.2, 0.25) is 0 Å². The first kappa shape index (κ1) is 15.2. The SMILES string of the molecule is C#CCNC(C)(C(=O)OCC)c1ccc2c(c1)OCCO2. The highest BCUT2D eigenvalue weighted by molar-refractivity contribution is 5.82. The van der Waals surface area contributed by atoms with Gasteiger partial charge in [0.1, 0.15) is 18.8 Å². The van der Waals surface area contributed by atoms with Gasteiger partial charge >= 0.3 is 5.97 Å². The van der Waals surface area contributed by atoms with E-state index < -0.39 is 5.54 Å². The van der Waals surface area contributed by atoms with Crippen molar-refractivity contribution in [3.05, 3.63) is 23.8 Å². The molecule has 2 rings (SSSR count). The largest absolute Gasteiger partial charge is 0.486 e. The second-order valence-electron chi connectivity index (χ2n) is 4.76. The first-order chi connectivity index (χ1) is 10.1.